The van der Waals surface area contributed by atoms with E-state index in [0.717, 1.165) is 17.8 Å². The van der Waals surface area contributed by atoms with E-state index >= 15 is 0 Å². The van der Waals surface area contributed by atoms with E-state index in [1.807, 2.05) is 13.8 Å². The average molecular weight is 198 g/mol. The van der Waals surface area contributed by atoms with Crippen LogP contribution in [0.2, 0.25) is 0 Å². The Bertz CT molecular complexity index is 195. The standard InChI is InChI=1S/C12H26N2/c1-8(2)7-12(9(3)10(12)4)14-11(5,6)13/h8-10,14H,7,13H2,1-6H3/t9-,10+,12?. The second kappa shape index (κ2) is 3.49. The third-order valence-corrected chi connectivity index (χ3v) is 3.57. The number of rotatable bonds is 4. The van der Waals surface area contributed by atoms with Crippen LogP contribution in [0.5, 0.6) is 0 Å². The molecule has 0 saturated heterocycles. The van der Waals surface area contributed by atoms with Gasteiger partial charge in [-0.15, -0.1) is 0 Å². The van der Waals surface area contributed by atoms with Crippen LogP contribution in [0.1, 0.15) is 48.0 Å². The first-order valence-corrected chi connectivity index (χ1v) is 5.77. The molecule has 1 saturated carbocycles. The predicted molar refractivity (Wildman–Crippen MR) is 61.9 cm³/mol. The zero-order chi connectivity index (χ0) is 11.1. The molecule has 0 aromatic carbocycles. The summed E-state index contributed by atoms with van der Waals surface area (Å²) in [6.45, 7) is 13.3. The van der Waals surface area contributed by atoms with Crippen LogP contribution in [0, 0.1) is 17.8 Å². The average Bonchev–Trinajstić information content (AvgIpc) is 2.36. The lowest BCUT2D eigenvalue weighted by Crippen LogP contribution is -2.55. The van der Waals surface area contributed by atoms with Gasteiger partial charge in [-0.1, -0.05) is 27.7 Å². The van der Waals surface area contributed by atoms with Gasteiger partial charge >= 0.3 is 0 Å². The van der Waals surface area contributed by atoms with Crippen molar-refractivity contribution in [2.75, 3.05) is 0 Å². The molecule has 0 aromatic heterocycles. The number of nitrogens with one attached hydrogen (secondary N) is 1. The Hall–Kier alpha value is -0.0800. The fourth-order valence-electron chi connectivity index (χ4n) is 2.79. The minimum Gasteiger partial charge on any atom is -0.314 e. The number of hydrogen-bond donors (Lipinski definition) is 2. The van der Waals surface area contributed by atoms with Crippen LogP contribution >= 0.6 is 0 Å². The Labute approximate surface area is 88.6 Å². The quantitative estimate of drug-likeness (QED) is 0.680. The van der Waals surface area contributed by atoms with E-state index < -0.39 is 0 Å². The van der Waals surface area contributed by atoms with E-state index in [2.05, 4.69) is 33.0 Å². The summed E-state index contributed by atoms with van der Waals surface area (Å²) in [5.74, 6) is 2.25. The maximum Gasteiger partial charge on any atom is 0.0608 e. The zero-order valence-corrected chi connectivity index (χ0v) is 10.5. The molecule has 1 unspecified atom stereocenters. The minimum absolute atomic E-state index is 0.256. The lowest BCUT2D eigenvalue weighted by molar-refractivity contribution is 0.270. The van der Waals surface area contributed by atoms with Crippen LogP contribution in [-0.2, 0) is 0 Å². The van der Waals surface area contributed by atoms with Crippen molar-refractivity contribution in [3.05, 3.63) is 0 Å². The molecule has 2 heteroatoms. The Balaban J connectivity index is 2.67. The molecular weight excluding hydrogens is 172 g/mol. The molecule has 14 heavy (non-hydrogen) atoms. The third kappa shape index (κ3) is 2.29. The third-order valence-electron chi connectivity index (χ3n) is 3.57. The van der Waals surface area contributed by atoms with Crippen molar-refractivity contribution in [3.8, 4) is 0 Å². The van der Waals surface area contributed by atoms with Gasteiger partial charge < -0.3 is 5.73 Å². The van der Waals surface area contributed by atoms with Crippen LogP contribution in [-0.4, -0.2) is 11.2 Å². The van der Waals surface area contributed by atoms with Crippen LogP contribution in [0.4, 0.5) is 0 Å². The highest BCUT2D eigenvalue weighted by atomic mass is 15.2. The first-order chi connectivity index (χ1) is 6.19. The number of nitrogens with two attached hydrogens (primary N) is 1. The first-order valence-electron chi connectivity index (χ1n) is 5.77. The molecule has 0 spiro atoms. The monoisotopic (exact) mass is 198 g/mol. The van der Waals surface area contributed by atoms with Crippen molar-refractivity contribution in [2.24, 2.45) is 23.5 Å². The molecule has 1 aliphatic carbocycles. The molecule has 1 aliphatic rings. The summed E-state index contributed by atoms with van der Waals surface area (Å²) < 4.78 is 0. The Morgan fingerprint density at radius 1 is 1.29 bits per heavy atom. The first kappa shape index (κ1) is 12.0. The molecule has 2 nitrogen and oxygen atoms in total. The second-order valence-corrected chi connectivity index (χ2v) is 6.06. The van der Waals surface area contributed by atoms with Gasteiger partial charge in [0.1, 0.15) is 0 Å². The maximum absolute atomic E-state index is 6.05. The summed E-state index contributed by atoms with van der Waals surface area (Å²) in [5.41, 5.74) is 6.09. The second-order valence-electron chi connectivity index (χ2n) is 6.06. The summed E-state index contributed by atoms with van der Waals surface area (Å²) in [6.07, 6.45) is 1.23. The largest absolute Gasteiger partial charge is 0.314 e. The van der Waals surface area contributed by atoms with Crippen LogP contribution in [0.15, 0.2) is 0 Å². The fourth-order valence-corrected chi connectivity index (χ4v) is 2.79. The maximum atomic E-state index is 6.05. The number of hydrogen-bond acceptors (Lipinski definition) is 2. The lowest BCUT2D eigenvalue weighted by Gasteiger charge is -2.31. The molecule has 0 heterocycles. The molecule has 3 atom stereocenters. The van der Waals surface area contributed by atoms with Crippen molar-refractivity contribution in [2.45, 2.75) is 59.2 Å². The summed E-state index contributed by atoms with van der Waals surface area (Å²) >= 11 is 0. The van der Waals surface area contributed by atoms with Gasteiger partial charge in [-0.05, 0) is 38.0 Å². The Kier molecular flexibility index (Phi) is 2.99. The Morgan fingerprint density at radius 3 is 1.93 bits per heavy atom. The normalized spacial score (nSPS) is 37.7. The molecule has 0 radical (unpaired) electrons. The van der Waals surface area contributed by atoms with E-state index in [1.165, 1.54) is 6.42 Å². The summed E-state index contributed by atoms with van der Waals surface area (Å²) in [5, 5.41) is 3.62. The van der Waals surface area contributed by atoms with E-state index in [4.69, 9.17) is 5.73 Å². The van der Waals surface area contributed by atoms with Gasteiger partial charge in [0, 0.05) is 5.54 Å². The van der Waals surface area contributed by atoms with Crippen LogP contribution < -0.4 is 11.1 Å². The van der Waals surface area contributed by atoms with E-state index in [-0.39, 0.29) is 5.66 Å². The zero-order valence-electron chi connectivity index (χ0n) is 10.5. The van der Waals surface area contributed by atoms with Crippen LogP contribution in [0.3, 0.4) is 0 Å². The van der Waals surface area contributed by atoms with E-state index in [1.54, 1.807) is 0 Å². The van der Waals surface area contributed by atoms with Crippen molar-refractivity contribution in [1.29, 1.82) is 0 Å². The van der Waals surface area contributed by atoms with Gasteiger partial charge in [-0.3, -0.25) is 5.32 Å². The fraction of sp³-hybridized carbons (Fsp3) is 1.00. The molecule has 1 fully saturated rings. The summed E-state index contributed by atoms with van der Waals surface area (Å²) in [7, 11) is 0. The summed E-state index contributed by atoms with van der Waals surface area (Å²) in [4.78, 5) is 0. The van der Waals surface area contributed by atoms with Gasteiger partial charge in [0.25, 0.3) is 0 Å². The molecule has 0 amide bonds. The molecular formula is C12H26N2. The molecule has 84 valence electrons. The highest BCUT2D eigenvalue weighted by Gasteiger charge is 2.59. The highest BCUT2D eigenvalue weighted by molar-refractivity contribution is 5.15. The SMILES string of the molecule is CC(C)CC1(NC(C)(C)N)[C@H](C)[C@@H]1C. The molecule has 1 rings (SSSR count). The Morgan fingerprint density at radius 2 is 1.71 bits per heavy atom. The van der Waals surface area contributed by atoms with Crippen molar-refractivity contribution in [1.82, 2.24) is 5.32 Å². The predicted octanol–water partition coefficient (Wildman–Crippen LogP) is 2.34. The van der Waals surface area contributed by atoms with Gasteiger partial charge in [-0.2, -0.15) is 0 Å². The smallest absolute Gasteiger partial charge is 0.0608 e. The van der Waals surface area contributed by atoms with Gasteiger partial charge in [0.15, 0.2) is 0 Å². The van der Waals surface area contributed by atoms with Crippen molar-refractivity contribution in [3.63, 3.8) is 0 Å². The van der Waals surface area contributed by atoms with Crippen molar-refractivity contribution >= 4 is 0 Å². The van der Waals surface area contributed by atoms with E-state index in [9.17, 15) is 0 Å². The van der Waals surface area contributed by atoms with Crippen molar-refractivity contribution < 1.29 is 0 Å². The van der Waals surface area contributed by atoms with Gasteiger partial charge in [0.2, 0.25) is 0 Å². The van der Waals surface area contributed by atoms with E-state index in [0.29, 0.717) is 5.54 Å². The molecule has 0 aliphatic heterocycles. The van der Waals surface area contributed by atoms with Gasteiger partial charge in [0.05, 0.1) is 5.66 Å². The topological polar surface area (TPSA) is 38.0 Å². The highest BCUT2D eigenvalue weighted by Crippen LogP contribution is 2.54. The summed E-state index contributed by atoms with van der Waals surface area (Å²) in [6, 6.07) is 0. The molecule has 0 aromatic rings. The molecule has 0 bridgehead atoms. The lowest BCUT2D eigenvalue weighted by atomic mass is 9.97. The molecule has 3 N–H and O–H groups in total. The van der Waals surface area contributed by atoms with Gasteiger partial charge in [-0.25, -0.2) is 0 Å². The van der Waals surface area contributed by atoms with Crippen LogP contribution in [0.25, 0.3) is 0 Å². The minimum atomic E-state index is -0.256.